The highest BCUT2D eigenvalue weighted by molar-refractivity contribution is 5.85. The summed E-state index contributed by atoms with van der Waals surface area (Å²) in [6, 6.07) is -0.221. The molecule has 7 nitrogen and oxygen atoms in total. The van der Waals surface area contributed by atoms with E-state index in [9.17, 15) is 4.79 Å². The molecule has 0 spiro atoms. The maximum absolute atomic E-state index is 12.5. The van der Waals surface area contributed by atoms with Crippen LogP contribution in [0.3, 0.4) is 0 Å². The van der Waals surface area contributed by atoms with Crippen molar-refractivity contribution in [2.75, 3.05) is 26.2 Å². The number of halogens is 1. The third kappa shape index (κ3) is 3.59. The molecule has 2 aliphatic heterocycles. The first-order valence-corrected chi connectivity index (χ1v) is 7.59. The van der Waals surface area contributed by atoms with Crippen molar-refractivity contribution in [3.8, 4) is 0 Å². The van der Waals surface area contributed by atoms with Gasteiger partial charge in [-0.3, -0.25) is 4.79 Å². The van der Waals surface area contributed by atoms with Gasteiger partial charge in [-0.05, 0) is 26.7 Å². The molecule has 0 saturated carbocycles. The number of carbonyl (C=O) groups is 1. The Balaban J connectivity index is 0.00000176. The summed E-state index contributed by atoms with van der Waals surface area (Å²) < 4.78 is 10.8. The van der Waals surface area contributed by atoms with Crippen LogP contribution in [0.2, 0.25) is 0 Å². The molecule has 1 amide bonds. The fraction of sp³-hybridized carbons (Fsp3) is 0.786. The molecule has 0 aliphatic carbocycles. The van der Waals surface area contributed by atoms with E-state index in [0.717, 1.165) is 32.5 Å². The number of nitrogens with zero attached hydrogens (tertiary/aromatic N) is 3. The molecule has 22 heavy (non-hydrogen) atoms. The van der Waals surface area contributed by atoms with Crippen LogP contribution in [-0.4, -0.2) is 59.3 Å². The first-order chi connectivity index (χ1) is 10.1. The van der Waals surface area contributed by atoms with Crippen molar-refractivity contribution in [2.24, 2.45) is 0 Å². The lowest BCUT2D eigenvalue weighted by molar-refractivity contribution is -0.140. The van der Waals surface area contributed by atoms with Crippen molar-refractivity contribution in [1.82, 2.24) is 20.4 Å². The van der Waals surface area contributed by atoms with Gasteiger partial charge in [0.2, 0.25) is 11.8 Å². The van der Waals surface area contributed by atoms with Crippen LogP contribution >= 0.6 is 12.4 Å². The lowest BCUT2D eigenvalue weighted by Crippen LogP contribution is -2.57. The van der Waals surface area contributed by atoms with Crippen molar-refractivity contribution < 1.29 is 14.1 Å². The minimum Gasteiger partial charge on any atom is -0.375 e. The molecule has 124 valence electrons. The summed E-state index contributed by atoms with van der Waals surface area (Å²) >= 11 is 0. The molecule has 1 N–H and O–H groups in total. The van der Waals surface area contributed by atoms with E-state index in [-0.39, 0.29) is 36.4 Å². The van der Waals surface area contributed by atoms with Gasteiger partial charge in [-0.15, -0.1) is 12.4 Å². The number of carbonyl (C=O) groups excluding carboxylic acids is 1. The number of hydrogen-bond acceptors (Lipinski definition) is 6. The zero-order valence-electron chi connectivity index (χ0n) is 12.9. The maximum atomic E-state index is 12.5. The highest BCUT2D eigenvalue weighted by atomic mass is 35.5. The van der Waals surface area contributed by atoms with Crippen molar-refractivity contribution in [3.63, 3.8) is 0 Å². The van der Waals surface area contributed by atoms with Crippen LogP contribution in [0.25, 0.3) is 0 Å². The van der Waals surface area contributed by atoms with Gasteiger partial charge in [0.25, 0.3) is 0 Å². The second-order valence-corrected chi connectivity index (χ2v) is 5.79. The zero-order chi connectivity index (χ0) is 14.8. The van der Waals surface area contributed by atoms with Gasteiger partial charge in [-0.25, -0.2) is 0 Å². The third-order valence-electron chi connectivity index (χ3n) is 4.28. The number of piperidine rings is 1. The predicted octanol–water partition coefficient (Wildman–Crippen LogP) is 0.883. The van der Waals surface area contributed by atoms with Crippen molar-refractivity contribution in [1.29, 1.82) is 0 Å². The minimum absolute atomic E-state index is 0. The van der Waals surface area contributed by atoms with Crippen LogP contribution in [0.4, 0.5) is 0 Å². The smallest absolute Gasteiger partial charge is 0.242 e. The highest BCUT2D eigenvalue weighted by Crippen LogP contribution is 2.27. The number of hydrogen-bond donors (Lipinski definition) is 1. The summed E-state index contributed by atoms with van der Waals surface area (Å²) in [5, 5.41) is 7.09. The number of ether oxygens (including phenoxy) is 1. The lowest BCUT2D eigenvalue weighted by Gasteiger charge is -2.36. The SMILES string of the molecule is Cc1noc(C2CCN(C(=O)[C@H]3NCCO[C@@H]3C)CC2)n1.Cl. The average molecular weight is 331 g/mol. The number of morpholine rings is 1. The number of aryl methyl sites for hydroxylation is 1. The zero-order valence-corrected chi connectivity index (χ0v) is 13.8. The molecule has 0 radical (unpaired) electrons. The van der Waals surface area contributed by atoms with Crippen LogP contribution in [0.5, 0.6) is 0 Å². The van der Waals surface area contributed by atoms with Gasteiger partial charge in [0.1, 0.15) is 6.04 Å². The molecule has 0 unspecified atom stereocenters. The topological polar surface area (TPSA) is 80.5 Å². The lowest BCUT2D eigenvalue weighted by atomic mass is 9.96. The van der Waals surface area contributed by atoms with Crippen LogP contribution < -0.4 is 5.32 Å². The Morgan fingerprint density at radius 3 is 2.68 bits per heavy atom. The molecule has 0 bridgehead atoms. The Morgan fingerprint density at radius 2 is 2.09 bits per heavy atom. The Bertz CT molecular complexity index is 502. The fourth-order valence-corrected chi connectivity index (χ4v) is 3.03. The molecule has 2 atom stereocenters. The first kappa shape index (κ1) is 17.2. The molecule has 2 aliphatic rings. The van der Waals surface area contributed by atoms with Crippen molar-refractivity contribution in [3.05, 3.63) is 11.7 Å². The number of likely N-dealkylation sites (tertiary alicyclic amines) is 1. The van der Waals surface area contributed by atoms with Crippen molar-refractivity contribution >= 4 is 18.3 Å². The van der Waals surface area contributed by atoms with E-state index in [1.807, 2.05) is 18.7 Å². The number of nitrogens with one attached hydrogen (secondary N) is 1. The van der Waals surface area contributed by atoms with Crippen LogP contribution in [-0.2, 0) is 9.53 Å². The van der Waals surface area contributed by atoms with E-state index >= 15 is 0 Å². The molecule has 8 heteroatoms. The standard InChI is InChI=1S/C14H22N4O3.ClH/c1-9-12(15-5-8-20-9)14(19)18-6-3-11(4-7-18)13-16-10(2)17-21-13;/h9,11-12,15H,3-8H2,1-2H3;1H/t9-,12+;/m1./s1. The summed E-state index contributed by atoms with van der Waals surface area (Å²) in [4.78, 5) is 18.8. The summed E-state index contributed by atoms with van der Waals surface area (Å²) in [6.45, 7) is 6.64. The predicted molar refractivity (Wildman–Crippen MR) is 82.0 cm³/mol. The summed E-state index contributed by atoms with van der Waals surface area (Å²) in [7, 11) is 0. The number of aromatic nitrogens is 2. The van der Waals surface area contributed by atoms with Gasteiger partial charge in [-0.1, -0.05) is 5.16 Å². The maximum Gasteiger partial charge on any atom is 0.242 e. The summed E-state index contributed by atoms with van der Waals surface area (Å²) in [6.07, 6.45) is 1.67. The van der Waals surface area contributed by atoms with E-state index in [0.29, 0.717) is 18.3 Å². The first-order valence-electron chi connectivity index (χ1n) is 7.59. The molecule has 1 aromatic rings. The summed E-state index contributed by atoms with van der Waals surface area (Å²) in [5.74, 6) is 1.78. The number of rotatable bonds is 2. The van der Waals surface area contributed by atoms with Gasteiger partial charge < -0.3 is 19.5 Å². The molecule has 2 saturated heterocycles. The monoisotopic (exact) mass is 330 g/mol. The van der Waals surface area contributed by atoms with E-state index in [2.05, 4.69) is 15.5 Å². The van der Waals surface area contributed by atoms with Gasteiger partial charge in [0.05, 0.1) is 12.7 Å². The molecule has 1 aromatic heterocycles. The molecular formula is C14H23ClN4O3. The van der Waals surface area contributed by atoms with Crippen LogP contribution in [0.1, 0.15) is 37.4 Å². The number of amides is 1. The molecule has 3 heterocycles. The van der Waals surface area contributed by atoms with Gasteiger partial charge in [0.15, 0.2) is 5.82 Å². The third-order valence-corrected chi connectivity index (χ3v) is 4.28. The highest BCUT2D eigenvalue weighted by Gasteiger charge is 2.34. The largest absolute Gasteiger partial charge is 0.375 e. The van der Waals surface area contributed by atoms with Crippen LogP contribution in [0, 0.1) is 6.92 Å². The minimum atomic E-state index is -0.221. The molecule has 3 rings (SSSR count). The van der Waals surface area contributed by atoms with Gasteiger partial charge in [0, 0.05) is 25.6 Å². The van der Waals surface area contributed by atoms with E-state index in [1.165, 1.54) is 0 Å². The summed E-state index contributed by atoms with van der Waals surface area (Å²) in [5.41, 5.74) is 0. The normalized spacial score (nSPS) is 26.5. The van der Waals surface area contributed by atoms with Gasteiger partial charge >= 0.3 is 0 Å². The van der Waals surface area contributed by atoms with E-state index < -0.39 is 0 Å². The van der Waals surface area contributed by atoms with E-state index in [1.54, 1.807) is 0 Å². The van der Waals surface area contributed by atoms with Crippen molar-refractivity contribution in [2.45, 2.75) is 44.8 Å². The fourth-order valence-electron chi connectivity index (χ4n) is 3.03. The molecule has 0 aromatic carbocycles. The van der Waals surface area contributed by atoms with E-state index in [4.69, 9.17) is 9.26 Å². The van der Waals surface area contributed by atoms with Gasteiger partial charge in [-0.2, -0.15) is 4.98 Å². The second kappa shape index (κ2) is 7.39. The Labute approximate surface area is 136 Å². The van der Waals surface area contributed by atoms with Crippen LogP contribution in [0.15, 0.2) is 4.52 Å². The Hall–Kier alpha value is -1.18. The Morgan fingerprint density at radius 1 is 1.36 bits per heavy atom. The molecule has 2 fully saturated rings. The quantitative estimate of drug-likeness (QED) is 0.867. The second-order valence-electron chi connectivity index (χ2n) is 5.79. The Kier molecular flexibility index (Phi) is 5.77. The molecular weight excluding hydrogens is 308 g/mol. The average Bonchev–Trinajstić information content (AvgIpc) is 2.94.